The monoisotopic (exact) mass is 224 g/mol. The van der Waals surface area contributed by atoms with Crippen LogP contribution >= 0.6 is 0 Å². The van der Waals surface area contributed by atoms with E-state index < -0.39 is 6.10 Å². The van der Waals surface area contributed by atoms with Crippen molar-refractivity contribution in [2.24, 2.45) is 0 Å². The molecular weight excluding hydrogens is 208 g/mol. The predicted molar refractivity (Wildman–Crippen MR) is 72.4 cm³/mol. The standard InChI is InChI=1S/C16H16O/c1-13(17)16-10-6-5-9-15(16)12-11-14-7-3-2-4-8-14/h2-13,17H,1H3/b12-11+/t13-/m0/s1. The van der Waals surface area contributed by atoms with Crippen LogP contribution in [0.4, 0.5) is 0 Å². The van der Waals surface area contributed by atoms with Crippen LogP contribution in [0.2, 0.25) is 0 Å². The first-order valence-electron chi connectivity index (χ1n) is 5.77. The van der Waals surface area contributed by atoms with E-state index in [1.54, 1.807) is 6.92 Å². The van der Waals surface area contributed by atoms with Crippen LogP contribution in [-0.2, 0) is 0 Å². The number of hydrogen-bond donors (Lipinski definition) is 1. The maximum atomic E-state index is 9.67. The molecule has 0 spiro atoms. The van der Waals surface area contributed by atoms with E-state index in [2.05, 4.69) is 18.2 Å². The normalized spacial score (nSPS) is 12.8. The molecule has 17 heavy (non-hydrogen) atoms. The zero-order valence-electron chi connectivity index (χ0n) is 9.88. The van der Waals surface area contributed by atoms with Crippen LogP contribution in [0.25, 0.3) is 12.2 Å². The van der Waals surface area contributed by atoms with Gasteiger partial charge >= 0.3 is 0 Å². The van der Waals surface area contributed by atoms with Gasteiger partial charge in [0.25, 0.3) is 0 Å². The summed E-state index contributed by atoms with van der Waals surface area (Å²) in [4.78, 5) is 0. The quantitative estimate of drug-likeness (QED) is 0.784. The summed E-state index contributed by atoms with van der Waals surface area (Å²) in [5.41, 5.74) is 3.18. The third-order valence-electron chi connectivity index (χ3n) is 2.70. The third-order valence-corrected chi connectivity index (χ3v) is 2.70. The van der Waals surface area contributed by atoms with Gasteiger partial charge in [0.2, 0.25) is 0 Å². The first kappa shape index (κ1) is 11.6. The molecule has 86 valence electrons. The molecule has 2 aromatic carbocycles. The molecule has 1 heteroatoms. The van der Waals surface area contributed by atoms with Gasteiger partial charge in [0.1, 0.15) is 0 Å². The average Bonchev–Trinajstić information content (AvgIpc) is 2.38. The number of aliphatic hydroxyl groups excluding tert-OH is 1. The molecule has 0 aliphatic rings. The van der Waals surface area contributed by atoms with Crippen LogP contribution in [-0.4, -0.2) is 5.11 Å². The van der Waals surface area contributed by atoms with Crippen molar-refractivity contribution in [3.63, 3.8) is 0 Å². The molecule has 1 atom stereocenters. The zero-order valence-corrected chi connectivity index (χ0v) is 9.88. The van der Waals surface area contributed by atoms with Gasteiger partial charge in [-0.25, -0.2) is 0 Å². The molecule has 0 fully saturated rings. The summed E-state index contributed by atoms with van der Waals surface area (Å²) in [7, 11) is 0. The van der Waals surface area contributed by atoms with E-state index in [1.807, 2.05) is 48.5 Å². The largest absolute Gasteiger partial charge is 0.389 e. The van der Waals surface area contributed by atoms with Crippen LogP contribution in [0.3, 0.4) is 0 Å². The van der Waals surface area contributed by atoms with Gasteiger partial charge in [-0.15, -0.1) is 0 Å². The van der Waals surface area contributed by atoms with E-state index in [0.717, 1.165) is 16.7 Å². The summed E-state index contributed by atoms with van der Waals surface area (Å²) in [5.74, 6) is 0. The van der Waals surface area contributed by atoms with Crippen molar-refractivity contribution in [1.82, 2.24) is 0 Å². The second-order valence-electron chi connectivity index (χ2n) is 4.05. The minimum atomic E-state index is -0.438. The molecule has 0 unspecified atom stereocenters. The maximum Gasteiger partial charge on any atom is 0.0767 e. The first-order valence-corrected chi connectivity index (χ1v) is 5.77. The Hall–Kier alpha value is -1.86. The van der Waals surface area contributed by atoms with Crippen molar-refractivity contribution < 1.29 is 5.11 Å². The lowest BCUT2D eigenvalue weighted by Gasteiger charge is -2.08. The molecule has 0 heterocycles. The number of rotatable bonds is 3. The summed E-state index contributed by atoms with van der Waals surface area (Å²) in [5, 5.41) is 9.67. The molecule has 0 aliphatic carbocycles. The smallest absolute Gasteiger partial charge is 0.0767 e. The van der Waals surface area contributed by atoms with E-state index in [-0.39, 0.29) is 0 Å². The Labute approximate surface area is 102 Å². The highest BCUT2D eigenvalue weighted by Crippen LogP contribution is 2.19. The van der Waals surface area contributed by atoms with Crippen molar-refractivity contribution in [2.75, 3.05) is 0 Å². The van der Waals surface area contributed by atoms with E-state index in [0.29, 0.717) is 0 Å². The van der Waals surface area contributed by atoms with Crippen molar-refractivity contribution >= 4 is 12.2 Å². The van der Waals surface area contributed by atoms with E-state index in [9.17, 15) is 5.11 Å². The Kier molecular flexibility index (Phi) is 3.73. The molecule has 2 rings (SSSR count). The van der Waals surface area contributed by atoms with E-state index >= 15 is 0 Å². The van der Waals surface area contributed by atoms with Gasteiger partial charge in [0.05, 0.1) is 6.10 Å². The van der Waals surface area contributed by atoms with Crippen molar-refractivity contribution in [2.45, 2.75) is 13.0 Å². The van der Waals surface area contributed by atoms with Crippen LogP contribution in [0.5, 0.6) is 0 Å². The molecule has 0 aromatic heterocycles. The fourth-order valence-electron chi connectivity index (χ4n) is 1.79. The zero-order chi connectivity index (χ0) is 12.1. The second kappa shape index (κ2) is 5.46. The fraction of sp³-hybridized carbons (Fsp3) is 0.125. The Morgan fingerprint density at radius 3 is 2.24 bits per heavy atom. The van der Waals surface area contributed by atoms with Gasteiger partial charge in [-0.1, -0.05) is 66.7 Å². The van der Waals surface area contributed by atoms with Crippen molar-refractivity contribution in [3.05, 3.63) is 71.3 Å². The second-order valence-corrected chi connectivity index (χ2v) is 4.05. The van der Waals surface area contributed by atoms with Gasteiger partial charge in [-0.05, 0) is 23.6 Å². The Bertz CT molecular complexity index is 498. The predicted octanol–water partition coefficient (Wildman–Crippen LogP) is 3.91. The van der Waals surface area contributed by atoms with Gasteiger partial charge in [0, 0.05) is 0 Å². The molecule has 1 nitrogen and oxygen atoms in total. The molecule has 0 radical (unpaired) electrons. The summed E-state index contributed by atoms with van der Waals surface area (Å²) < 4.78 is 0. The lowest BCUT2D eigenvalue weighted by atomic mass is 10.0. The van der Waals surface area contributed by atoms with Gasteiger partial charge in [0.15, 0.2) is 0 Å². The maximum absolute atomic E-state index is 9.67. The number of hydrogen-bond acceptors (Lipinski definition) is 1. The SMILES string of the molecule is C[C@H](O)c1ccccc1/C=C/c1ccccc1. The Morgan fingerprint density at radius 1 is 0.882 bits per heavy atom. The summed E-state index contributed by atoms with van der Waals surface area (Å²) >= 11 is 0. The summed E-state index contributed by atoms with van der Waals surface area (Å²) in [6.45, 7) is 1.79. The van der Waals surface area contributed by atoms with E-state index in [1.165, 1.54) is 0 Å². The molecule has 1 N–H and O–H groups in total. The Morgan fingerprint density at radius 2 is 1.53 bits per heavy atom. The minimum Gasteiger partial charge on any atom is -0.389 e. The highest BCUT2D eigenvalue weighted by Gasteiger charge is 2.03. The molecule has 0 amide bonds. The molecule has 2 aromatic rings. The van der Waals surface area contributed by atoms with Gasteiger partial charge < -0.3 is 5.11 Å². The van der Waals surface area contributed by atoms with Gasteiger partial charge in [-0.2, -0.15) is 0 Å². The van der Waals surface area contributed by atoms with Crippen molar-refractivity contribution in [3.8, 4) is 0 Å². The third kappa shape index (κ3) is 3.05. The van der Waals surface area contributed by atoms with E-state index in [4.69, 9.17) is 0 Å². The molecule has 0 saturated carbocycles. The fourth-order valence-corrected chi connectivity index (χ4v) is 1.79. The number of benzene rings is 2. The van der Waals surface area contributed by atoms with Crippen LogP contribution in [0.15, 0.2) is 54.6 Å². The minimum absolute atomic E-state index is 0.438. The topological polar surface area (TPSA) is 20.2 Å². The Balaban J connectivity index is 2.27. The summed E-state index contributed by atoms with van der Waals surface area (Å²) in [6.07, 6.45) is 3.66. The number of aliphatic hydroxyl groups is 1. The molecular formula is C16H16O. The van der Waals surface area contributed by atoms with Crippen LogP contribution in [0.1, 0.15) is 29.7 Å². The highest BCUT2D eigenvalue weighted by molar-refractivity contribution is 5.71. The summed E-state index contributed by atoms with van der Waals surface area (Å²) in [6, 6.07) is 18.0. The highest BCUT2D eigenvalue weighted by atomic mass is 16.3. The van der Waals surface area contributed by atoms with Crippen LogP contribution in [0, 0.1) is 0 Å². The molecule has 0 bridgehead atoms. The van der Waals surface area contributed by atoms with Gasteiger partial charge in [-0.3, -0.25) is 0 Å². The molecule has 0 aliphatic heterocycles. The lowest BCUT2D eigenvalue weighted by molar-refractivity contribution is 0.199. The lowest BCUT2D eigenvalue weighted by Crippen LogP contribution is -1.93. The van der Waals surface area contributed by atoms with Crippen molar-refractivity contribution in [1.29, 1.82) is 0 Å². The molecule has 0 saturated heterocycles. The van der Waals surface area contributed by atoms with Crippen LogP contribution < -0.4 is 0 Å². The average molecular weight is 224 g/mol. The first-order chi connectivity index (χ1) is 8.27.